The van der Waals surface area contributed by atoms with E-state index >= 15 is 0 Å². The molecular weight excluding hydrogens is 236 g/mol. The van der Waals surface area contributed by atoms with Gasteiger partial charge in [0.2, 0.25) is 0 Å². The molecule has 0 aliphatic carbocycles. The van der Waals surface area contributed by atoms with Crippen LogP contribution in [0.2, 0.25) is 0 Å². The molecule has 0 aliphatic rings. The lowest BCUT2D eigenvalue weighted by atomic mass is 10.1. The normalized spacial score (nSPS) is 14.2. The first-order chi connectivity index (χ1) is 8.13. The third-order valence-corrected chi connectivity index (χ3v) is 3.70. The molecule has 0 saturated carbocycles. The molecule has 1 aromatic rings. The van der Waals surface area contributed by atoms with Crippen molar-refractivity contribution in [2.75, 3.05) is 12.4 Å². The Hall–Kier alpha value is -1.04. The highest BCUT2D eigenvalue weighted by molar-refractivity contribution is 7.99. The van der Waals surface area contributed by atoms with Gasteiger partial charge in [-0.25, -0.2) is 0 Å². The summed E-state index contributed by atoms with van der Waals surface area (Å²) in [5.41, 5.74) is 6.51. The molecule has 17 heavy (non-hydrogen) atoms. The number of benzene rings is 1. The maximum atomic E-state index is 9.33. The maximum absolute atomic E-state index is 9.33. The number of amidine groups is 1. The summed E-state index contributed by atoms with van der Waals surface area (Å²) in [6.07, 6.45) is -0.273. The van der Waals surface area contributed by atoms with Crippen molar-refractivity contribution >= 4 is 17.6 Å². The van der Waals surface area contributed by atoms with Gasteiger partial charge in [-0.05, 0) is 5.56 Å². The molecular formula is C12H18N2O2S. The average molecular weight is 254 g/mol. The van der Waals surface area contributed by atoms with Crippen LogP contribution in [0.1, 0.15) is 17.2 Å². The Morgan fingerprint density at radius 3 is 2.53 bits per heavy atom. The number of hydrogen-bond donors (Lipinski definition) is 4. The van der Waals surface area contributed by atoms with E-state index in [2.05, 4.69) is 0 Å². The first-order valence-electron chi connectivity index (χ1n) is 5.42. The number of hydrogen-bond acceptors (Lipinski definition) is 4. The van der Waals surface area contributed by atoms with Crippen molar-refractivity contribution in [3.63, 3.8) is 0 Å². The molecule has 0 aliphatic heterocycles. The minimum absolute atomic E-state index is 0.0508. The van der Waals surface area contributed by atoms with Gasteiger partial charge in [-0.3, -0.25) is 5.41 Å². The second-order valence-corrected chi connectivity index (χ2v) is 5.03. The molecule has 5 N–H and O–H groups in total. The molecule has 0 amide bonds. The summed E-state index contributed by atoms with van der Waals surface area (Å²) in [6, 6.07) is 9.76. The van der Waals surface area contributed by atoms with Crippen molar-refractivity contribution in [1.29, 1.82) is 5.41 Å². The average Bonchev–Trinajstić information content (AvgIpc) is 2.34. The highest BCUT2D eigenvalue weighted by atomic mass is 32.2. The van der Waals surface area contributed by atoms with Crippen LogP contribution in [0.25, 0.3) is 0 Å². The van der Waals surface area contributed by atoms with Crippen molar-refractivity contribution < 1.29 is 10.2 Å². The van der Waals surface area contributed by atoms with Gasteiger partial charge in [-0.2, -0.15) is 11.8 Å². The standard InChI is InChI=1S/C12H18N2O2S/c13-12(14)6-11(17-8-10(16)7-15)9-4-2-1-3-5-9/h1-5,10-11,15-16H,6-8H2,(H3,13,14). The summed E-state index contributed by atoms with van der Waals surface area (Å²) >= 11 is 1.50. The topological polar surface area (TPSA) is 90.3 Å². The number of nitrogens with two attached hydrogens (primary N) is 1. The van der Waals surface area contributed by atoms with Crippen LogP contribution < -0.4 is 5.73 Å². The monoisotopic (exact) mass is 254 g/mol. The van der Waals surface area contributed by atoms with E-state index in [9.17, 15) is 5.11 Å². The molecule has 0 aromatic heterocycles. The van der Waals surface area contributed by atoms with Crippen molar-refractivity contribution in [1.82, 2.24) is 0 Å². The summed E-state index contributed by atoms with van der Waals surface area (Å²) < 4.78 is 0. The molecule has 5 heteroatoms. The Morgan fingerprint density at radius 1 is 1.35 bits per heavy atom. The Morgan fingerprint density at radius 2 is 2.00 bits per heavy atom. The van der Waals surface area contributed by atoms with Crippen LogP contribution in [-0.4, -0.2) is 34.5 Å². The van der Waals surface area contributed by atoms with E-state index in [-0.39, 0.29) is 17.7 Å². The largest absolute Gasteiger partial charge is 0.394 e. The number of aliphatic hydroxyl groups excluding tert-OH is 2. The molecule has 2 unspecified atom stereocenters. The van der Waals surface area contributed by atoms with Gasteiger partial charge in [-0.15, -0.1) is 0 Å². The maximum Gasteiger partial charge on any atom is 0.0919 e. The van der Waals surface area contributed by atoms with Crippen molar-refractivity contribution in [2.45, 2.75) is 17.8 Å². The fourth-order valence-corrected chi connectivity index (χ4v) is 2.63. The molecule has 2 atom stereocenters. The molecule has 4 nitrogen and oxygen atoms in total. The van der Waals surface area contributed by atoms with E-state index in [1.165, 1.54) is 11.8 Å². The summed E-state index contributed by atoms with van der Waals surface area (Å²) in [5, 5.41) is 25.5. The lowest BCUT2D eigenvalue weighted by molar-refractivity contribution is 0.113. The van der Waals surface area contributed by atoms with E-state index in [1.54, 1.807) is 0 Å². The fourth-order valence-electron chi connectivity index (χ4n) is 1.42. The molecule has 0 heterocycles. The Balaban J connectivity index is 2.64. The van der Waals surface area contributed by atoms with Gasteiger partial charge in [0.05, 0.1) is 18.5 Å². The lowest BCUT2D eigenvalue weighted by Crippen LogP contribution is -2.18. The summed E-state index contributed by atoms with van der Waals surface area (Å²) in [5.74, 6) is 0.563. The van der Waals surface area contributed by atoms with Crippen molar-refractivity contribution in [2.24, 2.45) is 5.73 Å². The van der Waals surface area contributed by atoms with Crippen LogP contribution >= 0.6 is 11.8 Å². The SMILES string of the molecule is N=C(N)CC(SCC(O)CO)c1ccccc1. The summed E-state index contributed by atoms with van der Waals surface area (Å²) in [6.45, 7) is -0.241. The van der Waals surface area contributed by atoms with Gasteiger partial charge in [0.25, 0.3) is 0 Å². The molecule has 0 radical (unpaired) electrons. The Labute approximate surface area is 105 Å². The predicted octanol–water partition coefficient (Wildman–Crippen LogP) is 1.14. The molecule has 0 saturated heterocycles. The van der Waals surface area contributed by atoms with Crippen LogP contribution in [-0.2, 0) is 0 Å². The first-order valence-corrected chi connectivity index (χ1v) is 6.46. The van der Waals surface area contributed by atoms with Gasteiger partial charge < -0.3 is 15.9 Å². The van der Waals surface area contributed by atoms with Crippen LogP contribution in [0.3, 0.4) is 0 Å². The highest BCUT2D eigenvalue weighted by Gasteiger charge is 2.15. The van der Waals surface area contributed by atoms with Crippen molar-refractivity contribution in [3.8, 4) is 0 Å². The number of nitrogens with one attached hydrogen (secondary N) is 1. The number of rotatable bonds is 7. The summed E-state index contributed by atoms with van der Waals surface area (Å²) in [7, 11) is 0. The first kappa shape index (κ1) is 14.0. The second kappa shape index (κ2) is 7.32. The molecule has 0 fully saturated rings. The van der Waals surface area contributed by atoms with E-state index in [4.69, 9.17) is 16.2 Å². The van der Waals surface area contributed by atoms with Gasteiger partial charge in [0.15, 0.2) is 0 Å². The van der Waals surface area contributed by atoms with Crippen LogP contribution in [0.4, 0.5) is 0 Å². The van der Waals surface area contributed by atoms with Gasteiger partial charge in [0, 0.05) is 17.4 Å². The van der Waals surface area contributed by atoms with Gasteiger partial charge in [0.1, 0.15) is 0 Å². The number of aliphatic hydroxyl groups is 2. The van der Waals surface area contributed by atoms with E-state index in [0.29, 0.717) is 12.2 Å². The van der Waals surface area contributed by atoms with Gasteiger partial charge in [-0.1, -0.05) is 30.3 Å². The minimum Gasteiger partial charge on any atom is -0.394 e. The molecule has 1 rings (SSSR count). The second-order valence-electron chi connectivity index (χ2n) is 3.80. The Kier molecular flexibility index (Phi) is 6.04. The zero-order valence-corrected chi connectivity index (χ0v) is 10.4. The highest BCUT2D eigenvalue weighted by Crippen LogP contribution is 2.32. The van der Waals surface area contributed by atoms with Crippen LogP contribution in [0, 0.1) is 5.41 Å². The van der Waals surface area contributed by atoms with E-state index in [0.717, 1.165) is 5.56 Å². The fraction of sp³-hybridized carbons (Fsp3) is 0.417. The molecule has 1 aromatic carbocycles. The Bertz CT molecular complexity index is 346. The van der Waals surface area contributed by atoms with E-state index < -0.39 is 6.10 Å². The zero-order chi connectivity index (χ0) is 12.7. The van der Waals surface area contributed by atoms with Crippen LogP contribution in [0.5, 0.6) is 0 Å². The predicted molar refractivity (Wildman–Crippen MR) is 71.3 cm³/mol. The third-order valence-electron chi connectivity index (χ3n) is 2.28. The van der Waals surface area contributed by atoms with Gasteiger partial charge >= 0.3 is 0 Å². The smallest absolute Gasteiger partial charge is 0.0919 e. The minimum atomic E-state index is -0.724. The quantitative estimate of drug-likeness (QED) is 0.434. The number of thioether (sulfide) groups is 1. The van der Waals surface area contributed by atoms with E-state index in [1.807, 2.05) is 30.3 Å². The lowest BCUT2D eigenvalue weighted by Gasteiger charge is -2.17. The molecule has 94 valence electrons. The van der Waals surface area contributed by atoms with Crippen LogP contribution in [0.15, 0.2) is 30.3 Å². The third kappa shape index (κ3) is 5.21. The zero-order valence-electron chi connectivity index (χ0n) is 9.54. The van der Waals surface area contributed by atoms with Crippen molar-refractivity contribution in [3.05, 3.63) is 35.9 Å². The molecule has 0 spiro atoms. The summed E-state index contributed by atoms with van der Waals surface area (Å²) in [4.78, 5) is 0. The molecule has 0 bridgehead atoms.